The van der Waals surface area contributed by atoms with Gasteiger partial charge in [0.1, 0.15) is 22.8 Å². The number of nitrogens with one attached hydrogen (secondary N) is 1. The number of piperidine rings is 1. The molecule has 0 aromatic carbocycles. The van der Waals surface area contributed by atoms with E-state index in [9.17, 15) is 4.79 Å². The number of imidazole rings is 1. The molecule has 0 bridgehead atoms. The van der Waals surface area contributed by atoms with Crippen molar-refractivity contribution in [2.45, 2.75) is 39.0 Å². The second-order valence-electron chi connectivity index (χ2n) is 7.97. The Morgan fingerprint density at radius 2 is 2.07 bits per heavy atom. The Hall–Kier alpha value is -2.90. The van der Waals surface area contributed by atoms with Crippen LogP contribution in [0.4, 0.5) is 5.82 Å². The van der Waals surface area contributed by atoms with Crippen LogP contribution in [0.2, 0.25) is 0 Å². The molecule has 0 saturated carbocycles. The molecule has 1 N–H and O–H groups in total. The fraction of sp³-hybridized carbons (Fsp3) is 0.524. The average molecular weight is 394 g/mol. The molecule has 1 amide bonds. The third-order valence-electron chi connectivity index (χ3n) is 5.99. The maximum absolute atomic E-state index is 12.8. The number of aromatic nitrogens is 4. The number of aromatic amines is 1. The standard InChI is InChI=1S/C21H26N6O2/c1-2-15-12-17(25-29-15)20-22-16-7-8-18(23-19(16)24-20)27-11-5-6-14(13-27)21(28)26-9-3-4-10-26/h7-8,12,14H,2-6,9-11,13H2,1H3,(H,22,23,24). The lowest BCUT2D eigenvalue weighted by Crippen LogP contribution is -2.44. The Labute approximate surface area is 169 Å². The van der Waals surface area contributed by atoms with Crippen molar-refractivity contribution >= 4 is 22.9 Å². The van der Waals surface area contributed by atoms with Crippen LogP contribution in [-0.4, -0.2) is 57.1 Å². The Morgan fingerprint density at radius 1 is 1.21 bits per heavy atom. The summed E-state index contributed by atoms with van der Waals surface area (Å²) in [6, 6.07) is 5.87. The van der Waals surface area contributed by atoms with Gasteiger partial charge in [-0.2, -0.15) is 0 Å². The first-order valence-electron chi connectivity index (χ1n) is 10.6. The van der Waals surface area contributed by atoms with Gasteiger partial charge in [0.25, 0.3) is 0 Å². The molecule has 8 heteroatoms. The van der Waals surface area contributed by atoms with Crippen molar-refractivity contribution in [3.05, 3.63) is 24.0 Å². The summed E-state index contributed by atoms with van der Waals surface area (Å²) in [6.07, 6.45) is 5.04. The van der Waals surface area contributed by atoms with Crippen LogP contribution in [0.3, 0.4) is 0 Å². The normalized spacial score (nSPS) is 20.0. The van der Waals surface area contributed by atoms with E-state index in [0.29, 0.717) is 17.4 Å². The highest BCUT2D eigenvalue weighted by Crippen LogP contribution is 2.27. The molecule has 3 aromatic rings. The Balaban J connectivity index is 1.36. The quantitative estimate of drug-likeness (QED) is 0.731. The fourth-order valence-electron chi connectivity index (χ4n) is 4.36. The third-order valence-corrected chi connectivity index (χ3v) is 5.99. The predicted octanol–water partition coefficient (Wildman–Crippen LogP) is 3.01. The van der Waals surface area contributed by atoms with Gasteiger partial charge in [-0.15, -0.1) is 0 Å². The second-order valence-corrected chi connectivity index (χ2v) is 7.97. The number of carbonyl (C=O) groups is 1. The number of hydrogen-bond acceptors (Lipinski definition) is 6. The van der Waals surface area contributed by atoms with Gasteiger partial charge in [-0.3, -0.25) is 4.79 Å². The maximum Gasteiger partial charge on any atom is 0.227 e. The molecule has 2 aliphatic heterocycles. The van der Waals surface area contributed by atoms with Crippen molar-refractivity contribution in [2.75, 3.05) is 31.1 Å². The van der Waals surface area contributed by atoms with Crippen LogP contribution in [0.15, 0.2) is 22.7 Å². The summed E-state index contributed by atoms with van der Waals surface area (Å²) in [5, 5.41) is 4.08. The molecule has 3 aromatic heterocycles. The molecule has 2 saturated heterocycles. The molecular formula is C21H26N6O2. The first-order chi connectivity index (χ1) is 14.2. The molecule has 0 aliphatic carbocycles. The second kappa shape index (κ2) is 7.50. The predicted molar refractivity (Wildman–Crippen MR) is 110 cm³/mol. The molecule has 2 aliphatic rings. The minimum atomic E-state index is 0.0688. The van der Waals surface area contributed by atoms with Gasteiger partial charge < -0.3 is 19.3 Å². The highest BCUT2D eigenvalue weighted by Gasteiger charge is 2.31. The molecule has 5 heterocycles. The van der Waals surface area contributed by atoms with Crippen LogP contribution in [0.5, 0.6) is 0 Å². The van der Waals surface area contributed by atoms with E-state index in [1.165, 1.54) is 0 Å². The summed E-state index contributed by atoms with van der Waals surface area (Å²) < 4.78 is 5.28. The Kier molecular flexibility index (Phi) is 4.69. The molecule has 29 heavy (non-hydrogen) atoms. The van der Waals surface area contributed by atoms with Crippen molar-refractivity contribution in [1.29, 1.82) is 0 Å². The molecule has 1 atom stereocenters. The van der Waals surface area contributed by atoms with E-state index in [1.807, 2.05) is 30.0 Å². The number of anilines is 1. The average Bonchev–Trinajstić information content (AvgIpc) is 3.52. The molecule has 1 unspecified atom stereocenters. The van der Waals surface area contributed by atoms with Gasteiger partial charge in [0.2, 0.25) is 5.91 Å². The number of rotatable bonds is 4. The molecule has 0 spiro atoms. The van der Waals surface area contributed by atoms with Gasteiger partial charge in [0.15, 0.2) is 11.5 Å². The van der Waals surface area contributed by atoms with Crippen LogP contribution in [0.25, 0.3) is 22.7 Å². The van der Waals surface area contributed by atoms with E-state index in [4.69, 9.17) is 9.51 Å². The fourth-order valence-corrected chi connectivity index (χ4v) is 4.36. The number of H-pyrrole nitrogens is 1. The molecule has 8 nitrogen and oxygen atoms in total. The van der Waals surface area contributed by atoms with E-state index in [0.717, 1.165) is 81.0 Å². The van der Waals surface area contributed by atoms with Crippen LogP contribution in [0, 0.1) is 5.92 Å². The summed E-state index contributed by atoms with van der Waals surface area (Å²) in [5.41, 5.74) is 2.22. The number of nitrogens with zero attached hydrogens (tertiary/aromatic N) is 5. The van der Waals surface area contributed by atoms with Crippen molar-refractivity contribution in [3.8, 4) is 11.5 Å². The van der Waals surface area contributed by atoms with E-state index in [2.05, 4.69) is 20.0 Å². The van der Waals surface area contributed by atoms with Gasteiger partial charge in [-0.05, 0) is 37.8 Å². The highest BCUT2D eigenvalue weighted by molar-refractivity contribution is 5.80. The largest absolute Gasteiger partial charge is 0.361 e. The van der Waals surface area contributed by atoms with E-state index in [1.54, 1.807) is 0 Å². The summed E-state index contributed by atoms with van der Waals surface area (Å²) >= 11 is 0. The Morgan fingerprint density at radius 3 is 2.86 bits per heavy atom. The van der Waals surface area contributed by atoms with E-state index < -0.39 is 0 Å². The number of hydrogen-bond donors (Lipinski definition) is 1. The molecule has 152 valence electrons. The third kappa shape index (κ3) is 3.47. The maximum atomic E-state index is 12.8. The molecule has 0 radical (unpaired) electrons. The van der Waals surface area contributed by atoms with Crippen LogP contribution in [-0.2, 0) is 11.2 Å². The topological polar surface area (TPSA) is 91.2 Å². The van der Waals surface area contributed by atoms with Gasteiger partial charge in [-0.25, -0.2) is 9.97 Å². The monoisotopic (exact) mass is 394 g/mol. The van der Waals surface area contributed by atoms with Crippen molar-refractivity contribution in [3.63, 3.8) is 0 Å². The van der Waals surface area contributed by atoms with Gasteiger partial charge in [-0.1, -0.05) is 12.1 Å². The van der Waals surface area contributed by atoms with Gasteiger partial charge in [0, 0.05) is 38.7 Å². The zero-order valence-electron chi connectivity index (χ0n) is 16.7. The van der Waals surface area contributed by atoms with Crippen molar-refractivity contribution in [1.82, 2.24) is 25.0 Å². The summed E-state index contributed by atoms with van der Waals surface area (Å²) in [6.45, 7) is 5.51. The lowest BCUT2D eigenvalue weighted by atomic mass is 9.96. The number of fused-ring (bicyclic) bond motifs is 1. The zero-order valence-corrected chi connectivity index (χ0v) is 16.7. The van der Waals surface area contributed by atoms with Crippen LogP contribution in [0.1, 0.15) is 38.4 Å². The van der Waals surface area contributed by atoms with Crippen LogP contribution >= 0.6 is 0 Å². The summed E-state index contributed by atoms with van der Waals surface area (Å²) in [4.78, 5) is 29.7. The minimum Gasteiger partial charge on any atom is -0.361 e. The van der Waals surface area contributed by atoms with Gasteiger partial charge in [0.05, 0.1) is 5.92 Å². The number of pyridine rings is 1. The highest BCUT2D eigenvalue weighted by atomic mass is 16.5. The molecule has 5 rings (SSSR count). The van der Waals surface area contributed by atoms with Crippen molar-refractivity contribution in [2.24, 2.45) is 5.92 Å². The smallest absolute Gasteiger partial charge is 0.227 e. The van der Waals surface area contributed by atoms with E-state index in [-0.39, 0.29) is 5.92 Å². The first-order valence-corrected chi connectivity index (χ1v) is 10.6. The summed E-state index contributed by atoms with van der Waals surface area (Å²) in [7, 11) is 0. The number of aryl methyl sites for hydroxylation is 1. The molecule has 2 fully saturated rings. The first kappa shape index (κ1) is 18.1. The lowest BCUT2D eigenvalue weighted by Gasteiger charge is -2.34. The van der Waals surface area contributed by atoms with Crippen LogP contribution < -0.4 is 4.90 Å². The zero-order chi connectivity index (χ0) is 19.8. The number of carbonyl (C=O) groups excluding carboxylic acids is 1. The lowest BCUT2D eigenvalue weighted by molar-refractivity contribution is -0.134. The summed E-state index contributed by atoms with van der Waals surface area (Å²) in [5.74, 6) is 2.76. The Bertz CT molecular complexity index is 1020. The minimum absolute atomic E-state index is 0.0688. The number of amides is 1. The van der Waals surface area contributed by atoms with E-state index >= 15 is 0 Å². The SMILES string of the molecule is CCc1cc(-c2nc3ccc(N4CCCC(C(=O)N5CCCC5)C4)nc3[nH]2)no1. The van der Waals surface area contributed by atoms with Gasteiger partial charge >= 0.3 is 0 Å². The van der Waals surface area contributed by atoms with Crippen molar-refractivity contribution < 1.29 is 9.32 Å². The number of likely N-dealkylation sites (tertiary alicyclic amines) is 1. The molecular weight excluding hydrogens is 368 g/mol.